The quantitative estimate of drug-likeness (QED) is 0.833. The van der Waals surface area contributed by atoms with Crippen molar-refractivity contribution in [2.24, 2.45) is 13.0 Å². The van der Waals surface area contributed by atoms with Crippen LogP contribution in [0, 0.1) is 19.8 Å². The summed E-state index contributed by atoms with van der Waals surface area (Å²) < 4.78 is 1.86. The largest absolute Gasteiger partial charge is 0.394 e. The van der Waals surface area contributed by atoms with Crippen LogP contribution in [0.3, 0.4) is 0 Å². The molecule has 5 nitrogen and oxygen atoms in total. The molecule has 1 fully saturated rings. The van der Waals surface area contributed by atoms with E-state index in [1.807, 2.05) is 37.3 Å². The lowest BCUT2D eigenvalue weighted by molar-refractivity contribution is -0.122. The summed E-state index contributed by atoms with van der Waals surface area (Å²) in [6.07, 6.45) is 3.31. The number of hydrogen-bond acceptors (Lipinski definition) is 4. The highest BCUT2D eigenvalue weighted by Crippen LogP contribution is 2.25. The third kappa shape index (κ3) is 4.26. The van der Waals surface area contributed by atoms with Gasteiger partial charge in [-0.1, -0.05) is 0 Å². The number of aromatic nitrogens is 2. The predicted molar refractivity (Wildman–Crippen MR) is 90.1 cm³/mol. The number of aliphatic hydroxyl groups is 1. The average Bonchev–Trinajstić information content (AvgIpc) is 2.76. The van der Waals surface area contributed by atoms with Crippen LogP contribution in [0.15, 0.2) is 0 Å². The standard InChI is InChI=1S/C16H27N3O2S/c1-11-14(12(2)19(3)18-11)4-5-16(21)17-15(10-20)13-6-8-22-9-7-13/h13,15,20H,4-10H2,1-3H3,(H,17,21). The lowest BCUT2D eigenvalue weighted by Gasteiger charge is -2.29. The molecule has 1 unspecified atom stereocenters. The normalized spacial score (nSPS) is 17.5. The third-order valence-corrected chi connectivity index (χ3v) is 5.69. The molecule has 0 saturated carbocycles. The lowest BCUT2D eigenvalue weighted by Crippen LogP contribution is -2.44. The minimum atomic E-state index is -0.0931. The summed E-state index contributed by atoms with van der Waals surface area (Å²) in [6.45, 7) is 4.05. The molecule has 0 aliphatic carbocycles. The third-order valence-electron chi connectivity index (χ3n) is 4.64. The van der Waals surface area contributed by atoms with Crippen molar-refractivity contribution in [3.63, 3.8) is 0 Å². The van der Waals surface area contributed by atoms with E-state index in [2.05, 4.69) is 10.4 Å². The number of amides is 1. The van der Waals surface area contributed by atoms with Crippen LogP contribution >= 0.6 is 11.8 Å². The Labute approximate surface area is 136 Å². The molecule has 22 heavy (non-hydrogen) atoms. The van der Waals surface area contributed by atoms with Crippen molar-refractivity contribution in [2.75, 3.05) is 18.1 Å². The Morgan fingerprint density at radius 3 is 2.68 bits per heavy atom. The molecule has 1 aromatic rings. The van der Waals surface area contributed by atoms with Crippen LogP contribution in [0.4, 0.5) is 0 Å². The second-order valence-corrected chi connectivity index (χ2v) is 7.30. The lowest BCUT2D eigenvalue weighted by atomic mass is 9.94. The van der Waals surface area contributed by atoms with Crippen LogP contribution in [-0.2, 0) is 18.3 Å². The molecule has 1 aromatic heterocycles. The molecule has 0 aromatic carbocycles. The number of thioether (sulfide) groups is 1. The van der Waals surface area contributed by atoms with Crippen molar-refractivity contribution in [2.45, 2.75) is 45.6 Å². The number of carbonyl (C=O) groups excluding carboxylic acids is 1. The van der Waals surface area contributed by atoms with E-state index in [9.17, 15) is 9.90 Å². The van der Waals surface area contributed by atoms with Crippen molar-refractivity contribution in [1.29, 1.82) is 0 Å². The van der Waals surface area contributed by atoms with Crippen LogP contribution in [0.5, 0.6) is 0 Å². The predicted octanol–water partition coefficient (Wildman–Crippen LogP) is 1.59. The summed E-state index contributed by atoms with van der Waals surface area (Å²) in [5.74, 6) is 2.70. The molecular formula is C16H27N3O2S. The van der Waals surface area contributed by atoms with E-state index in [1.54, 1.807) is 0 Å². The SMILES string of the molecule is Cc1nn(C)c(C)c1CCC(=O)NC(CO)C1CCSCC1. The van der Waals surface area contributed by atoms with Gasteiger partial charge in [-0.25, -0.2) is 0 Å². The zero-order chi connectivity index (χ0) is 16.1. The number of nitrogens with one attached hydrogen (secondary N) is 1. The Kier molecular flexibility index (Phi) is 6.32. The van der Waals surface area contributed by atoms with Gasteiger partial charge in [-0.3, -0.25) is 9.48 Å². The van der Waals surface area contributed by atoms with Crippen molar-refractivity contribution in [3.8, 4) is 0 Å². The maximum Gasteiger partial charge on any atom is 0.220 e. The summed E-state index contributed by atoms with van der Waals surface area (Å²) >= 11 is 1.95. The Balaban J connectivity index is 1.86. The first kappa shape index (κ1) is 17.3. The molecule has 2 N–H and O–H groups in total. The van der Waals surface area contributed by atoms with Crippen molar-refractivity contribution in [1.82, 2.24) is 15.1 Å². The van der Waals surface area contributed by atoms with Gasteiger partial charge in [0.05, 0.1) is 18.3 Å². The maximum atomic E-state index is 12.2. The molecule has 1 amide bonds. The van der Waals surface area contributed by atoms with E-state index in [-0.39, 0.29) is 18.6 Å². The van der Waals surface area contributed by atoms with Gasteiger partial charge in [0.25, 0.3) is 0 Å². The smallest absolute Gasteiger partial charge is 0.220 e. The molecular weight excluding hydrogens is 298 g/mol. The van der Waals surface area contributed by atoms with Gasteiger partial charge in [0.2, 0.25) is 5.91 Å². The van der Waals surface area contributed by atoms with Gasteiger partial charge in [-0.2, -0.15) is 16.9 Å². The van der Waals surface area contributed by atoms with Crippen LogP contribution < -0.4 is 5.32 Å². The molecule has 0 radical (unpaired) electrons. The highest BCUT2D eigenvalue weighted by molar-refractivity contribution is 7.99. The molecule has 0 spiro atoms. The van der Waals surface area contributed by atoms with E-state index in [4.69, 9.17) is 0 Å². The minimum Gasteiger partial charge on any atom is -0.394 e. The highest BCUT2D eigenvalue weighted by Gasteiger charge is 2.24. The fourth-order valence-electron chi connectivity index (χ4n) is 3.13. The fourth-order valence-corrected chi connectivity index (χ4v) is 4.27. The molecule has 1 saturated heterocycles. The first-order valence-electron chi connectivity index (χ1n) is 8.00. The Morgan fingerprint density at radius 2 is 2.14 bits per heavy atom. The van der Waals surface area contributed by atoms with Crippen LogP contribution in [0.1, 0.15) is 36.2 Å². The second-order valence-electron chi connectivity index (χ2n) is 6.08. The molecule has 0 bridgehead atoms. The number of hydrogen-bond donors (Lipinski definition) is 2. The van der Waals surface area contributed by atoms with Crippen molar-refractivity contribution >= 4 is 17.7 Å². The summed E-state index contributed by atoms with van der Waals surface area (Å²) in [5, 5.41) is 17.0. The molecule has 1 aliphatic heterocycles. The van der Waals surface area contributed by atoms with Crippen LogP contribution in [-0.4, -0.2) is 44.9 Å². The summed E-state index contributed by atoms with van der Waals surface area (Å²) in [5.41, 5.74) is 3.27. The van der Waals surface area contributed by atoms with Crippen molar-refractivity contribution in [3.05, 3.63) is 17.0 Å². The zero-order valence-electron chi connectivity index (χ0n) is 13.8. The second kappa shape index (κ2) is 8.02. The monoisotopic (exact) mass is 325 g/mol. The number of nitrogens with zero attached hydrogens (tertiary/aromatic N) is 2. The number of rotatable bonds is 6. The van der Waals surface area contributed by atoms with Gasteiger partial charge >= 0.3 is 0 Å². The first-order chi connectivity index (χ1) is 10.5. The van der Waals surface area contributed by atoms with Crippen molar-refractivity contribution < 1.29 is 9.90 Å². The Hall–Kier alpha value is -1.01. The Morgan fingerprint density at radius 1 is 1.45 bits per heavy atom. The van der Waals surface area contributed by atoms with Crippen LogP contribution in [0.25, 0.3) is 0 Å². The van der Waals surface area contributed by atoms with E-state index in [0.29, 0.717) is 18.8 Å². The topological polar surface area (TPSA) is 67.2 Å². The van der Waals surface area contributed by atoms with E-state index < -0.39 is 0 Å². The molecule has 1 atom stereocenters. The first-order valence-corrected chi connectivity index (χ1v) is 9.15. The summed E-state index contributed by atoms with van der Waals surface area (Å²) in [4.78, 5) is 12.2. The van der Waals surface area contributed by atoms with Gasteiger partial charge in [-0.15, -0.1) is 0 Å². The van der Waals surface area contributed by atoms with E-state index >= 15 is 0 Å². The average molecular weight is 325 g/mol. The summed E-state index contributed by atoms with van der Waals surface area (Å²) in [7, 11) is 1.93. The highest BCUT2D eigenvalue weighted by atomic mass is 32.2. The van der Waals surface area contributed by atoms with Crippen LogP contribution in [0.2, 0.25) is 0 Å². The molecule has 2 heterocycles. The van der Waals surface area contributed by atoms with Gasteiger partial charge in [0.15, 0.2) is 0 Å². The zero-order valence-corrected chi connectivity index (χ0v) is 14.6. The number of carbonyl (C=O) groups is 1. The Bertz CT molecular complexity index is 510. The molecule has 1 aliphatic rings. The number of aliphatic hydroxyl groups excluding tert-OH is 1. The summed E-state index contributed by atoms with van der Waals surface area (Å²) in [6, 6.07) is -0.0931. The van der Waals surface area contributed by atoms with E-state index in [1.165, 1.54) is 0 Å². The minimum absolute atomic E-state index is 0.0277. The van der Waals surface area contributed by atoms with Gasteiger partial charge in [-0.05, 0) is 56.1 Å². The number of aryl methyl sites for hydroxylation is 2. The molecule has 2 rings (SSSR count). The maximum absolute atomic E-state index is 12.2. The van der Waals surface area contributed by atoms with Gasteiger partial charge in [0.1, 0.15) is 0 Å². The van der Waals surface area contributed by atoms with Gasteiger partial charge < -0.3 is 10.4 Å². The van der Waals surface area contributed by atoms with E-state index in [0.717, 1.165) is 41.3 Å². The molecule has 6 heteroatoms. The fraction of sp³-hybridized carbons (Fsp3) is 0.750. The van der Waals surface area contributed by atoms with Gasteiger partial charge in [0, 0.05) is 19.2 Å². The molecule has 124 valence electrons.